The minimum atomic E-state index is -0.352. The molecule has 6 nitrogen and oxygen atoms in total. The standard InChI is InChI=1S/C17H23N3O3S/c1-12(17(23)20-9-5-6-13(10-20)16(18)22)24-11-15(21)19-14-7-3-2-4-8-14/h2-4,7-8,12-13H,5-6,9-11H2,1H3,(H2,18,22)(H,19,21)/t12-,13-/m0/s1. The molecule has 130 valence electrons. The fraction of sp³-hybridized carbons (Fsp3) is 0.471. The minimum absolute atomic E-state index is 0.0431. The number of hydrogen-bond acceptors (Lipinski definition) is 4. The van der Waals surface area contributed by atoms with Gasteiger partial charge in [0.2, 0.25) is 17.7 Å². The topological polar surface area (TPSA) is 92.5 Å². The van der Waals surface area contributed by atoms with Crippen molar-refractivity contribution in [2.75, 3.05) is 24.2 Å². The number of likely N-dealkylation sites (tertiary alicyclic amines) is 1. The number of piperidine rings is 1. The van der Waals surface area contributed by atoms with Crippen LogP contribution in [0.2, 0.25) is 0 Å². The fourth-order valence-electron chi connectivity index (χ4n) is 2.66. The molecule has 3 amide bonds. The number of rotatable bonds is 6. The van der Waals surface area contributed by atoms with Gasteiger partial charge in [-0.1, -0.05) is 18.2 Å². The average molecular weight is 349 g/mol. The normalized spacial score (nSPS) is 18.7. The Labute approximate surface area is 146 Å². The quantitative estimate of drug-likeness (QED) is 0.813. The molecular formula is C17H23N3O3S. The van der Waals surface area contributed by atoms with Crippen molar-refractivity contribution in [1.82, 2.24) is 4.90 Å². The summed E-state index contributed by atoms with van der Waals surface area (Å²) in [6, 6.07) is 9.20. The van der Waals surface area contributed by atoms with Gasteiger partial charge in [0.25, 0.3) is 0 Å². The maximum Gasteiger partial charge on any atom is 0.235 e. The first-order valence-corrected chi connectivity index (χ1v) is 9.07. The second-order valence-electron chi connectivity index (χ2n) is 5.89. The molecule has 0 bridgehead atoms. The average Bonchev–Trinajstić information content (AvgIpc) is 2.60. The van der Waals surface area contributed by atoms with E-state index in [-0.39, 0.29) is 34.6 Å². The minimum Gasteiger partial charge on any atom is -0.369 e. The number of amides is 3. The van der Waals surface area contributed by atoms with Gasteiger partial charge in [0.1, 0.15) is 0 Å². The number of hydrogen-bond donors (Lipinski definition) is 2. The van der Waals surface area contributed by atoms with Gasteiger partial charge in [-0.2, -0.15) is 0 Å². The predicted octanol–water partition coefficient (Wildman–Crippen LogP) is 1.47. The van der Waals surface area contributed by atoms with Crippen LogP contribution in [-0.4, -0.2) is 46.7 Å². The molecule has 0 saturated carbocycles. The predicted molar refractivity (Wildman–Crippen MR) is 95.5 cm³/mol. The number of nitrogens with two attached hydrogens (primary N) is 1. The van der Waals surface area contributed by atoms with Gasteiger partial charge in [-0.05, 0) is 31.9 Å². The summed E-state index contributed by atoms with van der Waals surface area (Å²) in [5, 5.41) is 2.46. The van der Waals surface area contributed by atoms with Crippen LogP contribution < -0.4 is 11.1 Å². The van der Waals surface area contributed by atoms with Crippen LogP contribution in [0.15, 0.2) is 30.3 Å². The number of carbonyl (C=O) groups is 3. The van der Waals surface area contributed by atoms with Crippen LogP contribution >= 0.6 is 11.8 Å². The van der Waals surface area contributed by atoms with E-state index in [9.17, 15) is 14.4 Å². The number of nitrogens with one attached hydrogen (secondary N) is 1. The lowest BCUT2D eigenvalue weighted by molar-refractivity contribution is -0.134. The van der Waals surface area contributed by atoms with Crippen LogP contribution in [0.3, 0.4) is 0 Å². The number of anilines is 1. The molecule has 0 unspecified atom stereocenters. The van der Waals surface area contributed by atoms with E-state index in [1.54, 1.807) is 11.8 Å². The molecule has 1 saturated heterocycles. The first-order chi connectivity index (χ1) is 11.5. The van der Waals surface area contributed by atoms with Gasteiger partial charge in [0.15, 0.2) is 0 Å². The summed E-state index contributed by atoms with van der Waals surface area (Å²) < 4.78 is 0. The molecule has 2 rings (SSSR count). The van der Waals surface area contributed by atoms with E-state index in [1.165, 1.54) is 11.8 Å². The molecule has 1 heterocycles. The van der Waals surface area contributed by atoms with Crippen molar-refractivity contribution >= 4 is 35.2 Å². The van der Waals surface area contributed by atoms with Crippen molar-refractivity contribution in [2.45, 2.75) is 25.0 Å². The smallest absolute Gasteiger partial charge is 0.235 e. The Balaban J connectivity index is 1.79. The van der Waals surface area contributed by atoms with Gasteiger partial charge in [0.05, 0.1) is 16.9 Å². The molecule has 0 aliphatic carbocycles. The maximum absolute atomic E-state index is 12.5. The van der Waals surface area contributed by atoms with Gasteiger partial charge in [-0.3, -0.25) is 14.4 Å². The first-order valence-electron chi connectivity index (χ1n) is 8.02. The lowest BCUT2D eigenvalue weighted by Crippen LogP contribution is -2.46. The van der Waals surface area contributed by atoms with E-state index < -0.39 is 0 Å². The Bertz CT molecular complexity index is 594. The number of thioether (sulfide) groups is 1. The van der Waals surface area contributed by atoms with Crippen molar-refractivity contribution in [3.63, 3.8) is 0 Å². The fourth-order valence-corrected chi connectivity index (χ4v) is 3.42. The molecule has 3 N–H and O–H groups in total. The van der Waals surface area contributed by atoms with Gasteiger partial charge >= 0.3 is 0 Å². The van der Waals surface area contributed by atoms with Crippen LogP contribution in [0, 0.1) is 5.92 Å². The Morgan fingerprint density at radius 1 is 1.33 bits per heavy atom. The largest absolute Gasteiger partial charge is 0.369 e. The number of nitrogens with zero attached hydrogens (tertiary/aromatic N) is 1. The lowest BCUT2D eigenvalue weighted by Gasteiger charge is -2.32. The Morgan fingerprint density at radius 3 is 2.71 bits per heavy atom. The summed E-state index contributed by atoms with van der Waals surface area (Å²) in [5.41, 5.74) is 6.08. The molecule has 1 aromatic rings. The monoisotopic (exact) mass is 349 g/mol. The highest BCUT2D eigenvalue weighted by Gasteiger charge is 2.29. The van der Waals surface area contributed by atoms with Crippen molar-refractivity contribution in [2.24, 2.45) is 11.7 Å². The highest BCUT2D eigenvalue weighted by Crippen LogP contribution is 2.20. The van der Waals surface area contributed by atoms with E-state index in [1.807, 2.05) is 30.3 Å². The van der Waals surface area contributed by atoms with Gasteiger partial charge in [-0.25, -0.2) is 0 Å². The zero-order valence-corrected chi connectivity index (χ0v) is 14.6. The third-order valence-electron chi connectivity index (χ3n) is 4.01. The van der Waals surface area contributed by atoms with Crippen molar-refractivity contribution in [1.29, 1.82) is 0 Å². The molecule has 1 aliphatic rings. The molecule has 1 fully saturated rings. The molecule has 0 spiro atoms. The van der Waals surface area contributed by atoms with Crippen LogP contribution in [0.1, 0.15) is 19.8 Å². The van der Waals surface area contributed by atoms with E-state index >= 15 is 0 Å². The zero-order valence-electron chi connectivity index (χ0n) is 13.7. The summed E-state index contributed by atoms with van der Waals surface area (Å²) in [6.45, 7) is 2.82. The van der Waals surface area contributed by atoms with E-state index in [0.717, 1.165) is 18.5 Å². The SMILES string of the molecule is C[C@H](SCC(=O)Nc1ccccc1)C(=O)N1CCC[C@H](C(N)=O)C1. The van der Waals surface area contributed by atoms with Crippen molar-refractivity contribution in [3.8, 4) is 0 Å². The number of carbonyl (C=O) groups excluding carboxylic acids is 3. The Hall–Kier alpha value is -2.02. The summed E-state index contributed by atoms with van der Waals surface area (Å²) in [6.07, 6.45) is 1.52. The highest BCUT2D eigenvalue weighted by molar-refractivity contribution is 8.01. The highest BCUT2D eigenvalue weighted by atomic mass is 32.2. The van der Waals surface area contributed by atoms with E-state index in [2.05, 4.69) is 5.32 Å². The molecule has 2 atom stereocenters. The second-order valence-corrected chi connectivity index (χ2v) is 7.22. The second kappa shape index (κ2) is 8.73. The summed E-state index contributed by atoms with van der Waals surface area (Å²) in [7, 11) is 0. The number of benzene rings is 1. The third kappa shape index (κ3) is 5.26. The number of para-hydroxylation sites is 1. The Kier molecular flexibility index (Phi) is 6.66. The molecule has 7 heteroatoms. The molecule has 1 aromatic carbocycles. The Morgan fingerprint density at radius 2 is 2.04 bits per heavy atom. The number of primary amides is 1. The van der Waals surface area contributed by atoms with E-state index in [0.29, 0.717) is 13.1 Å². The maximum atomic E-state index is 12.5. The summed E-state index contributed by atoms with van der Waals surface area (Å²) in [4.78, 5) is 37.4. The summed E-state index contributed by atoms with van der Waals surface area (Å²) >= 11 is 1.30. The van der Waals surface area contributed by atoms with Crippen molar-refractivity contribution < 1.29 is 14.4 Å². The third-order valence-corrected chi connectivity index (χ3v) is 5.14. The van der Waals surface area contributed by atoms with Gasteiger partial charge in [0, 0.05) is 18.8 Å². The van der Waals surface area contributed by atoms with Gasteiger partial charge in [-0.15, -0.1) is 11.8 Å². The summed E-state index contributed by atoms with van der Waals surface area (Å²) in [5.74, 6) is -0.594. The van der Waals surface area contributed by atoms with Crippen LogP contribution in [-0.2, 0) is 14.4 Å². The van der Waals surface area contributed by atoms with Crippen LogP contribution in [0.5, 0.6) is 0 Å². The molecule has 0 aromatic heterocycles. The molecule has 0 radical (unpaired) electrons. The van der Waals surface area contributed by atoms with Crippen LogP contribution in [0.25, 0.3) is 0 Å². The van der Waals surface area contributed by atoms with E-state index in [4.69, 9.17) is 5.73 Å². The first kappa shape index (κ1) is 18.3. The molecular weight excluding hydrogens is 326 g/mol. The molecule has 24 heavy (non-hydrogen) atoms. The van der Waals surface area contributed by atoms with Crippen molar-refractivity contribution in [3.05, 3.63) is 30.3 Å². The van der Waals surface area contributed by atoms with Gasteiger partial charge < -0.3 is 16.0 Å². The molecule has 1 aliphatic heterocycles. The zero-order chi connectivity index (χ0) is 17.5. The van der Waals surface area contributed by atoms with Crippen LogP contribution in [0.4, 0.5) is 5.69 Å². The lowest BCUT2D eigenvalue weighted by atomic mass is 9.97.